The topological polar surface area (TPSA) is 62.7 Å². The van der Waals surface area contributed by atoms with Gasteiger partial charge in [0, 0.05) is 24.0 Å². The van der Waals surface area contributed by atoms with Crippen LogP contribution >= 0.6 is 0 Å². The average Bonchev–Trinajstić information content (AvgIpc) is 2.72. The molecule has 144 valence electrons. The highest BCUT2D eigenvalue weighted by molar-refractivity contribution is 5.65. The molecule has 5 nitrogen and oxygen atoms in total. The normalized spacial score (nSPS) is 14.6. The van der Waals surface area contributed by atoms with Crippen molar-refractivity contribution < 1.29 is 4.39 Å². The number of anilines is 3. The zero-order valence-corrected chi connectivity index (χ0v) is 16.0. The predicted octanol–water partition coefficient (Wildman–Crippen LogP) is 5.47. The van der Waals surface area contributed by atoms with E-state index in [-0.39, 0.29) is 5.82 Å². The average molecular weight is 377 g/mol. The highest BCUT2D eigenvalue weighted by atomic mass is 19.1. The minimum atomic E-state index is -0.220. The number of hydrogen-bond donors (Lipinski definition) is 2. The van der Waals surface area contributed by atoms with Gasteiger partial charge in [0.2, 0.25) is 5.95 Å². The predicted molar refractivity (Wildman–Crippen MR) is 110 cm³/mol. The van der Waals surface area contributed by atoms with Crippen LogP contribution in [0.25, 0.3) is 11.4 Å². The van der Waals surface area contributed by atoms with E-state index in [4.69, 9.17) is 0 Å². The maximum Gasteiger partial charge on any atom is 0.225 e. The Balaban J connectivity index is 1.65. The van der Waals surface area contributed by atoms with Crippen molar-refractivity contribution in [2.45, 2.75) is 45.1 Å². The van der Waals surface area contributed by atoms with Crippen molar-refractivity contribution in [3.8, 4) is 11.4 Å². The van der Waals surface area contributed by atoms with Crippen LogP contribution in [0.4, 0.5) is 21.8 Å². The van der Waals surface area contributed by atoms with Gasteiger partial charge in [0.15, 0.2) is 0 Å². The van der Waals surface area contributed by atoms with Gasteiger partial charge in [-0.05, 0) is 55.7 Å². The van der Waals surface area contributed by atoms with Gasteiger partial charge in [-0.2, -0.15) is 4.98 Å². The van der Waals surface area contributed by atoms with Crippen molar-refractivity contribution >= 4 is 17.5 Å². The molecule has 1 aliphatic rings. The van der Waals surface area contributed by atoms with E-state index in [1.165, 1.54) is 25.3 Å². The fraction of sp³-hybridized carbons (Fsp3) is 0.318. The number of nitrogens with one attached hydrogen (secondary N) is 2. The first-order chi connectivity index (χ1) is 13.7. The summed E-state index contributed by atoms with van der Waals surface area (Å²) in [6, 6.07) is 13.0. The summed E-state index contributed by atoms with van der Waals surface area (Å²) in [5.41, 5.74) is 2.91. The Hall–Kier alpha value is -3.02. The fourth-order valence-electron chi connectivity index (χ4n) is 3.52. The van der Waals surface area contributed by atoms with Crippen molar-refractivity contribution in [2.24, 2.45) is 0 Å². The first kappa shape index (κ1) is 18.3. The zero-order valence-electron chi connectivity index (χ0n) is 16.0. The van der Waals surface area contributed by atoms with Gasteiger partial charge in [0.25, 0.3) is 0 Å². The molecule has 6 heteroatoms. The van der Waals surface area contributed by atoms with Gasteiger partial charge in [0.1, 0.15) is 11.6 Å². The Morgan fingerprint density at radius 3 is 2.57 bits per heavy atom. The zero-order chi connectivity index (χ0) is 19.3. The number of rotatable bonds is 5. The van der Waals surface area contributed by atoms with Crippen LogP contribution in [0.1, 0.15) is 37.7 Å². The van der Waals surface area contributed by atoms with E-state index in [0.717, 1.165) is 29.9 Å². The Kier molecular flexibility index (Phi) is 5.46. The smallest absolute Gasteiger partial charge is 0.225 e. The van der Waals surface area contributed by atoms with Gasteiger partial charge in [-0.1, -0.05) is 25.3 Å². The summed E-state index contributed by atoms with van der Waals surface area (Å²) in [6.07, 6.45) is 7.79. The van der Waals surface area contributed by atoms with Gasteiger partial charge in [-0.3, -0.25) is 4.98 Å². The number of nitrogens with zero attached hydrogens (tertiary/aromatic N) is 3. The SMILES string of the molecule is Cc1cc(Nc2cc(-c3ccccn3)nc(NC3CCCCC3)n2)ccc1F. The van der Waals surface area contributed by atoms with Crippen LogP contribution in [0.2, 0.25) is 0 Å². The molecule has 1 aromatic carbocycles. The molecule has 0 unspecified atom stereocenters. The van der Waals surface area contributed by atoms with Gasteiger partial charge in [-0.25, -0.2) is 9.37 Å². The first-order valence-corrected chi connectivity index (χ1v) is 9.77. The summed E-state index contributed by atoms with van der Waals surface area (Å²) < 4.78 is 13.6. The van der Waals surface area contributed by atoms with E-state index in [0.29, 0.717) is 23.4 Å². The molecule has 2 aromatic heterocycles. The molecule has 0 radical (unpaired) electrons. The number of aryl methyl sites for hydroxylation is 1. The molecule has 1 fully saturated rings. The highest BCUT2D eigenvalue weighted by Gasteiger charge is 2.16. The summed E-state index contributed by atoms with van der Waals surface area (Å²) in [6.45, 7) is 1.75. The van der Waals surface area contributed by atoms with Crippen LogP contribution in [-0.4, -0.2) is 21.0 Å². The van der Waals surface area contributed by atoms with Gasteiger partial charge >= 0.3 is 0 Å². The van der Waals surface area contributed by atoms with E-state index in [9.17, 15) is 4.39 Å². The molecule has 28 heavy (non-hydrogen) atoms. The number of aromatic nitrogens is 3. The maximum absolute atomic E-state index is 13.6. The van der Waals surface area contributed by atoms with Crippen LogP contribution in [0.15, 0.2) is 48.7 Å². The number of halogens is 1. The lowest BCUT2D eigenvalue weighted by Crippen LogP contribution is -2.23. The van der Waals surface area contributed by atoms with Crippen molar-refractivity contribution in [1.82, 2.24) is 15.0 Å². The molecular weight excluding hydrogens is 353 g/mol. The monoisotopic (exact) mass is 377 g/mol. The lowest BCUT2D eigenvalue weighted by Gasteiger charge is -2.23. The molecule has 2 heterocycles. The van der Waals surface area contributed by atoms with Crippen LogP contribution in [-0.2, 0) is 0 Å². The molecule has 3 aromatic rings. The Bertz CT molecular complexity index is 939. The highest BCUT2D eigenvalue weighted by Crippen LogP contribution is 2.25. The number of benzene rings is 1. The molecule has 0 spiro atoms. The summed E-state index contributed by atoms with van der Waals surface area (Å²) in [7, 11) is 0. The van der Waals surface area contributed by atoms with Crippen LogP contribution < -0.4 is 10.6 Å². The van der Waals surface area contributed by atoms with Crippen LogP contribution in [0.3, 0.4) is 0 Å². The van der Waals surface area contributed by atoms with Gasteiger partial charge in [-0.15, -0.1) is 0 Å². The van der Waals surface area contributed by atoms with Crippen molar-refractivity contribution in [3.63, 3.8) is 0 Å². The standard InChI is InChI=1S/C22H24FN5/c1-15-13-17(10-11-18(15)23)25-21-14-20(19-9-5-6-12-24-19)27-22(28-21)26-16-7-3-2-4-8-16/h5-6,9-14,16H,2-4,7-8H2,1H3,(H2,25,26,27,28). The molecule has 4 rings (SSSR count). The Labute approximate surface area is 164 Å². The lowest BCUT2D eigenvalue weighted by atomic mass is 9.96. The van der Waals surface area contributed by atoms with Crippen LogP contribution in [0.5, 0.6) is 0 Å². The minimum Gasteiger partial charge on any atom is -0.351 e. The van der Waals surface area contributed by atoms with Crippen molar-refractivity contribution in [3.05, 3.63) is 60.0 Å². The molecular formula is C22H24FN5. The largest absolute Gasteiger partial charge is 0.351 e. The quantitative estimate of drug-likeness (QED) is 0.617. The fourth-order valence-corrected chi connectivity index (χ4v) is 3.52. The van der Waals surface area contributed by atoms with Crippen LogP contribution in [0, 0.1) is 12.7 Å². The Morgan fingerprint density at radius 2 is 1.82 bits per heavy atom. The second kappa shape index (κ2) is 8.33. The Morgan fingerprint density at radius 1 is 0.964 bits per heavy atom. The summed E-state index contributed by atoms with van der Waals surface area (Å²) in [5.74, 6) is 1.03. The molecule has 0 bridgehead atoms. The maximum atomic E-state index is 13.6. The van der Waals surface area contributed by atoms with Gasteiger partial charge < -0.3 is 10.6 Å². The molecule has 1 saturated carbocycles. The molecule has 0 saturated heterocycles. The minimum absolute atomic E-state index is 0.220. The third-order valence-electron chi connectivity index (χ3n) is 5.02. The third kappa shape index (κ3) is 4.44. The van der Waals surface area contributed by atoms with E-state index in [1.54, 1.807) is 25.3 Å². The van der Waals surface area contributed by atoms with Gasteiger partial charge in [0.05, 0.1) is 11.4 Å². The second-order valence-electron chi connectivity index (χ2n) is 7.25. The molecule has 0 amide bonds. The first-order valence-electron chi connectivity index (χ1n) is 9.77. The second-order valence-corrected chi connectivity index (χ2v) is 7.25. The number of pyridine rings is 1. The summed E-state index contributed by atoms with van der Waals surface area (Å²) in [5, 5.41) is 6.76. The lowest BCUT2D eigenvalue weighted by molar-refractivity contribution is 0.461. The van der Waals surface area contributed by atoms with E-state index in [1.807, 2.05) is 24.3 Å². The van der Waals surface area contributed by atoms with Crippen molar-refractivity contribution in [2.75, 3.05) is 10.6 Å². The molecule has 1 aliphatic carbocycles. The summed E-state index contributed by atoms with van der Waals surface area (Å²) in [4.78, 5) is 13.7. The third-order valence-corrected chi connectivity index (χ3v) is 5.02. The van der Waals surface area contributed by atoms with Crippen molar-refractivity contribution in [1.29, 1.82) is 0 Å². The molecule has 0 aliphatic heterocycles. The van der Waals surface area contributed by atoms with E-state index < -0.39 is 0 Å². The number of hydrogen-bond acceptors (Lipinski definition) is 5. The van der Waals surface area contributed by atoms with E-state index >= 15 is 0 Å². The van der Waals surface area contributed by atoms with E-state index in [2.05, 4.69) is 25.6 Å². The summed E-state index contributed by atoms with van der Waals surface area (Å²) >= 11 is 0. The molecule has 0 atom stereocenters. The molecule has 2 N–H and O–H groups in total.